The minimum absolute atomic E-state index is 0.0333. The fourth-order valence-corrected chi connectivity index (χ4v) is 4.83. The van der Waals surface area contributed by atoms with Gasteiger partial charge in [0.25, 0.3) is 11.8 Å². The first-order valence-electron chi connectivity index (χ1n) is 11.9. The van der Waals surface area contributed by atoms with E-state index in [1.807, 2.05) is 12.1 Å². The molecule has 1 aromatic carbocycles. The number of carbonyl (C=O) groups excluding carboxylic acids is 2. The second-order valence-electron chi connectivity index (χ2n) is 9.18. The molecule has 3 heterocycles. The Hall–Kier alpha value is -3.84. The summed E-state index contributed by atoms with van der Waals surface area (Å²) in [5, 5.41) is 11.7. The molecule has 1 unspecified atom stereocenters. The second-order valence-corrected chi connectivity index (χ2v) is 11.1. The van der Waals surface area contributed by atoms with Crippen LogP contribution in [0.1, 0.15) is 25.1 Å². The number of amidine groups is 1. The lowest BCUT2D eigenvalue weighted by molar-refractivity contribution is -0.218. The minimum atomic E-state index is -4.94. The van der Waals surface area contributed by atoms with Gasteiger partial charge in [-0.2, -0.15) is 13.5 Å². The number of ether oxygens (including phenoxy) is 1. The van der Waals surface area contributed by atoms with Crippen LogP contribution in [0, 0.1) is 0 Å². The molecule has 216 valence electrons. The van der Waals surface area contributed by atoms with E-state index in [2.05, 4.69) is 30.0 Å². The summed E-state index contributed by atoms with van der Waals surface area (Å²) in [7, 11) is -4.94. The number of rotatable bonds is 12. The summed E-state index contributed by atoms with van der Waals surface area (Å²) in [6.07, 6.45) is 0. The van der Waals surface area contributed by atoms with Crippen molar-refractivity contribution < 1.29 is 36.4 Å². The number of hydrogen-bond donors (Lipinski definition) is 5. The van der Waals surface area contributed by atoms with Gasteiger partial charge in [-0.05, 0) is 38.1 Å². The van der Waals surface area contributed by atoms with Crippen LogP contribution in [0.5, 0.6) is 5.75 Å². The first-order chi connectivity index (χ1) is 18.9. The van der Waals surface area contributed by atoms with E-state index in [9.17, 15) is 18.0 Å². The summed E-state index contributed by atoms with van der Waals surface area (Å²) in [6, 6.07) is 6.22. The Morgan fingerprint density at radius 1 is 1.32 bits per heavy atom. The summed E-state index contributed by atoms with van der Waals surface area (Å²) >= 11 is 1.07. The fourth-order valence-electron chi connectivity index (χ4n) is 3.83. The van der Waals surface area contributed by atoms with Crippen LogP contribution in [0.3, 0.4) is 0 Å². The Labute approximate surface area is 233 Å². The number of benzene rings is 1. The van der Waals surface area contributed by atoms with Crippen LogP contribution in [-0.4, -0.2) is 90.3 Å². The van der Waals surface area contributed by atoms with Gasteiger partial charge in [-0.25, -0.2) is 4.98 Å². The molecule has 1 saturated heterocycles. The number of β-lactam (4-membered cyclic amide) rings is 1. The molecule has 7 N–H and O–H groups in total. The van der Waals surface area contributed by atoms with Crippen LogP contribution < -0.4 is 26.8 Å². The third-order valence-corrected chi connectivity index (χ3v) is 6.93. The molecule has 1 fully saturated rings. The van der Waals surface area contributed by atoms with E-state index in [1.165, 1.54) is 19.2 Å². The molecule has 1 aromatic heterocycles. The maximum atomic E-state index is 13.0. The molecule has 0 spiro atoms. The smallest absolute Gasteiger partial charge is 0.418 e. The van der Waals surface area contributed by atoms with E-state index < -0.39 is 33.8 Å². The predicted molar refractivity (Wildman–Crippen MR) is 144 cm³/mol. The van der Waals surface area contributed by atoms with E-state index in [1.54, 1.807) is 12.1 Å². The zero-order valence-electron chi connectivity index (χ0n) is 21.4. The van der Waals surface area contributed by atoms with Crippen molar-refractivity contribution in [1.29, 1.82) is 0 Å². The predicted octanol–water partition coefficient (Wildman–Crippen LogP) is -0.958. The summed E-state index contributed by atoms with van der Waals surface area (Å²) in [5.74, 6) is -0.375. The van der Waals surface area contributed by atoms with Gasteiger partial charge in [0, 0.05) is 17.5 Å². The van der Waals surface area contributed by atoms with E-state index in [4.69, 9.17) is 25.6 Å². The lowest BCUT2D eigenvalue weighted by Crippen LogP contribution is -2.76. The highest BCUT2D eigenvalue weighted by Gasteiger charge is 2.58. The number of nitrogens with zero attached hydrogens (tertiary/aromatic N) is 4. The monoisotopic (exact) mass is 596 g/mol. The summed E-state index contributed by atoms with van der Waals surface area (Å²) in [5.41, 5.74) is 10.8. The fraction of sp³-hybridized carbons (Fsp3) is 0.409. The van der Waals surface area contributed by atoms with Crippen molar-refractivity contribution in [3.8, 4) is 5.75 Å². The number of oxime groups is 1. The Kier molecular flexibility index (Phi) is 8.54. The molecule has 0 radical (unpaired) electrons. The maximum Gasteiger partial charge on any atom is 0.418 e. The summed E-state index contributed by atoms with van der Waals surface area (Å²) < 4.78 is 40.9. The minimum Gasteiger partial charge on any atom is -0.490 e. The van der Waals surface area contributed by atoms with E-state index in [0.717, 1.165) is 22.7 Å². The third-order valence-electron chi connectivity index (χ3n) is 5.92. The van der Waals surface area contributed by atoms with Crippen LogP contribution in [0.4, 0.5) is 5.13 Å². The van der Waals surface area contributed by atoms with Gasteiger partial charge in [-0.3, -0.25) is 19.1 Å². The zero-order chi connectivity index (χ0) is 29.1. The molecule has 2 aliphatic rings. The van der Waals surface area contributed by atoms with Crippen LogP contribution in [0.25, 0.3) is 0 Å². The van der Waals surface area contributed by atoms with Crippen LogP contribution >= 0.6 is 11.3 Å². The van der Waals surface area contributed by atoms with Gasteiger partial charge < -0.3 is 31.7 Å². The van der Waals surface area contributed by atoms with Crippen molar-refractivity contribution in [2.45, 2.75) is 31.5 Å². The number of thiazole rings is 1. The molecule has 40 heavy (non-hydrogen) atoms. The van der Waals surface area contributed by atoms with Gasteiger partial charge >= 0.3 is 10.4 Å². The Balaban J connectivity index is 1.33. The SMILES string of the molecule is CC1(C)[C@H](NC(=O)/C(=N\OCCOc2ccc(C3=NCC(CN)N3)cc2)c2csc(N)n2)C(=O)N1OS(=O)(=O)O. The number of anilines is 1. The summed E-state index contributed by atoms with van der Waals surface area (Å²) in [6.45, 7) is 4.05. The first-order valence-corrected chi connectivity index (χ1v) is 14.1. The molecule has 0 aliphatic carbocycles. The molecular formula is C22H28N8O8S2. The average molecular weight is 597 g/mol. The largest absolute Gasteiger partial charge is 0.490 e. The second kappa shape index (κ2) is 11.7. The molecule has 0 bridgehead atoms. The third kappa shape index (κ3) is 6.65. The zero-order valence-corrected chi connectivity index (χ0v) is 23.1. The quantitative estimate of drug-likeness (QED) is 0.0655. The maximum absolute atomic E-state index is 13.0. The summed E-state index contributed by atoms with van der Waals surface area (Å²) in [4.78, 5) is 39.2. The number of nitrogens with two attached hydrogens (primary N) is 2. The highest BCUT2D eigenvalue weighted by atomic mass is 32.3. The highest BCUT2D eigenvalue weighted by Crippen LogP contribution is 2.33. The number of hydroxylamine groups is 2. The molecule has 16 nitrogen and oxygen atoms in total. The average Bonchev–Trinajstić information content (AvgIpc) is 3.56. The van der Waals surface area contributed by atoms with Gasteiger partial charge in [0.05, 0.1) is 18.1 Å². The lowest BCUT2D eigenvalue weighted by atomic mass is 9.84. The number of carbonyl (C=O) groups is 2. The van der Waals surface area contributed by atoms with E-state index in [-0.39, 0.29) is 35.8 Å². The van der Waals surface area contributed by atoms with Gasteiger partial charge in [0.15, 0.2) is 17.5 Å². The topological polar surface area (TPSA) is 233 Å². The van der Waals surface area contributed by atoms with Crippen molar-refractivity contribution in [3.05, 3.63) is 40.9 Å². The van der Waals surface area contributed by atoms with E-state index >= 15 is 0 Å². The van der Waals surface area contributed by atoms with Crippen molar-refractivity contribution >= 4 is 50.2 Å². The number of nitrogen functional groups attached to an aromatic ring is 1. The van der Waals surface area contributed by atoms with Crippen molar-refractivity contribution in [1.82, 2.24) is 20.7 Å². The number of aliphatic imine (C=N–C) groups is 1. The van der Waals surface area contributed by atoms with E-state index in [0.29, 0.717) is 23.9 Å². The van der Waals surface area contributed by atoms with Crippen LogP contribution in [0.2, 0.25) is 0 Å². The Morgan fingerprint density at radius 3 is 2.62 bits per heavy atom. The van der Waals surface area contributed by atoms with Crippen molar-refractivity contribution in [2.75, 3.05) is 32.0 Å². The van der Waals surface area contributed by atoms with Crippen LogP contribution in [-0.2, 0) is 29.1 Å². The van der Waals surface area contributed by atoms with Gasteiger partial charge in [0.1, 0.15) is 29.9 Å². The number of aromatic nitrogens is 1. The molecule has 18 heteroatoms. The lowest BCUT2D eigenvalue weighted by Gasteiger charge is -2.50. The van der Waals surface area contributed by atoms with Crippen molar-refractivity contribution in [3.63, 3.8) is 0 Å². The Bertz CT molecular complexity index is 1420. The number of nitrogens with one attached hydrogen (secondary N) is 2. The molecule has 0 saturated carbocycles. The molecular weight excluding hydrogens is 568 g/mol. The normalized spacial score (nSPS) is 20.4. The molecule has 2 atom stereocenters. The van der Waals surface area contributed by atoms with Crippen LogP contribution in [0.15, 0.2) is 39.8 Å². The van der Waals surface area contributed by atoms with Gasteiger partial charge in [-0.1, -0.05) is 5.16 Å². The molecule has 2 amide bonds. The first kappa shape index (κ1) is 29.2. The molecule has 4 rings (SSSR count). The van der Waals surface area contributed by atoms with Gasteiger partial charge in [-0.15, -0.1) is 15.6 Å². The number of amides is 2. The Morgan fingerprint density at radius 2 is 2.05 bits per heavy atom. The highest BCUT2D eigenvalue weighted by molar-refractivity contribution is 7.80. The molecule has 2 aliphatic heterocycles. The molecule has 2 aromatic rings. The number of hydrogen-bond acceptors (Lipinski definition) is 14. The standard InChI is InChI=1S/C22H28N8O8S2/c1-22(2)17(20(32)30(22)38-40(33,34)35)28-19(31)16(15-11-39-21(24)27-15)29-37-8-7-36-14-5-3-12(4-6-14)18-25-10-13(9-23)26-18/h3-6,11,13,17H,7-10,23H2,1-2H3,(H2,24,27)(H,25,26)(H,28,31)(H,33,34,35)/b29-16-/t13?,17-/m1/s1. The van der Waals surface area contributed by atoms with Gasteiger partial charge in [0.2, 0.25) is 0 Å². The van der Waals surface area contributed by atoms with Crippen molar-refractivity contribution in [2.24, 2.45) is 15.9 Å².